The third-order valence-corrected chi connectivity index (χ3v) is 5.19. The summed E-state index contributed by atoms with van der Waals surface area (Å²) >= 11 is 0. The monoisotopic (exact) mass is 358 g/mol. The zero-order valence-electron chi connectivity index (χ0n) is 15.4. The Morgan fingerprint density at radius 2 is 1.92 bits per heavy atom. The molecule has 1 aliphatic heterocycles. The molecule has 3 rings (SSSR count). The molecule has 26 heavy (non-hydrogen) atoms. The largest absolute Gasteiger partial charge is 0.389 e. The topological polar surface area (TPSA) is 53.0 Å². The predicted octanol–water partition coefficient (Wildman–Crippen LogP) is 2.18. The first kappa shape index (κ1) is 19.1. The second-order valence-electron chi connectivity index (χ2n) is 7.30. The molecule has 1 aromatic carbocycles. The van der Waals surface area contributed by atoms with Crippen molar-refractivity contribution in [1.82, 2.24) is 9.80 Å². The van der Waals surface area contributed by atoms with Crippen molar-refractivity contribution in [2.45, 2.75) is 25.4 Å². The first-order chi connectivity index (χ1) is 12.7. The van der Waals surface area contributed by atoms with E-state index in [4.69, 9.17) is 4.74 Å². The molecule has 1 saturated heterocycles. The van der Waals surface area contributed by atoms with Crippen LogP contribution in [0.25, 0.3) is 0 Å². The Bertz CT molecular complexity index is 582. The molecule has 0 spiro atoms. The van der Waals surface area contributed by atoms with Gasteiger partial charge in [-0.2, -0.15) is 0 Å². The van der Waals surface area contributed by atoms with Crippen LogP contribution >= 0.6 is 0 Å². The number of hydrogen-bond donors (Lipinski definition) is 1. The van der Waals surface area contributed by atoms with Gasteiger partial charge in [0.15, 0.2) is 0 Å². The van der Waals surface area contributed by atoms with Gasteiger partial charge in [0.1, 0.15) is 0 Å². The molecule has 1 N–H and O–H groups in total. The second-order valence-corrected chi connectivity index (χ2v) is 7.30. The molecule has 2 aliphatic rings. The maximum absolute atomic E-state index is 12.5. The van der Waals surface area contributed by atoms with Gasteiger partial charge in [0.25, 0.3) is 5.91 Å². The zero-order valence-corrected chi connectivity index (χ0v) is 15.4. The fraction of sp³-hybridized carbons (Fsp3) is 0.571. The third-order valence-electron chi connectivity index (χ3n) is 5.19. The van der Waals surface area contributed by atoms with Crippen LogP contribution in [0.2, 0.25) is 0 Å². The fourth-order valence-corrected chi connectivity index (χ4v) is 3.63. The summed E-state index contributed by atoms with van der Waals surface area (Å²) in [5.74, 6) is 0.690. The number of aliphatic hydroxyl groups is 1. The summed E-state index contributed by atoms with van der Waals surface area (Å²) in [5.41, 5.74) is 0.743. The number of aliphatic hydroxyl groups excluding tert-OH is 1. The van der Waals surface area contributed by atoms with E-state index < -0.39 is 6.10 Å². The lowest BCUT2D eigenvalue weighted by Crippen LogP contribution is -2.50. The van der Waals surface area contributed by atoms with E-state index in [0.29, 0.717) is 32.2 Å². The zero-order chi connectivity index (χ0) is 18.2. The number of allylic oxidation sites excluding steroid dienone is 2. The Labute approximate surface area is 156 Å². The summed E-state index contributed by atoms with van der Waals surface area (Å²) in [6.07, 6.45) is 7.41. The second kappa shape index (κ2) is 9.86. The van der Waals surface area contributed by atoms with E-state index in [2.05, 4.69) is 17.1 Å². The SMILES string of the molecule is O=C(c1ccccc1)N1CCN(C[C@H](O)COC[C@H]2CC=CCC2)CC1. The summed E-state index contributed by atoms with van der Waals surface area (Å²) in [4.78, 5) is 16.6. The minimum Gasteiger partial charge on any atom is -0.389 e. The highest BCUT2D eigenvalue weighted by atomic mass is 16.5. The number of hydrogen-bond acceptors (Lipinski definition) is 4. The van der Waals surface area contributed by atoms with Crippen molar-refractivity contribution >= 4 is 5.91 Å². The number of ether oxygens (including phenoxy) is 1. The highest BCUT2D eigenvalue weighted by molar-refractivity contribution is 5.94. The van der Waals surface area contributed by atoms with Gasteiger partial charge in [-0.3, -0.25) is 9.69 Å². The van der Waals surface area contributed by atoms with Gasteiger partial charge in [-0.05, 0) is 37.3 Å². The molecule has 1 aromatic rings. The normalized spacial score (nSPS) is 22.3. The van der Waals surface area contributed by atoms with E-state index in [9.17, 15) is 9.90 Å². The number of benzene rings is 1. The Balaban J connectivity index is 1.33. The minimum atomic E-state index is -0.467. The number of rotatable bonds is 7. The van der Waals surface area contributed by atoms with Crippen LogP contribution in [0.5, 0.6) is 0 Å². The Hall–Kier alpha value is -1.69. The van der Waals surface area contributed by atoms with Gasteiger partial charge in [0.05, 0.1) is 12.7 Å². The van der Waals surface area contributed by atoms with Gasteiger partial charge in [-0.15, -0.1) is 0 Å². The minimum absolute atomic E-state index is 0.0932. The summed E-state index contributed by atoms with van der Waals surface area (Å²) in [5, 5.41) is 10.2. The quantitative estimate of drug-likeness (QED) is 0.759. The van der Waals surface area contributed by atoms with Crippen LogP contribution in [-0.4, -0.2) is 72.9 Å². The van der Waals surface area contributed by atoms with Crippen molar-refractivity contribution in [3.8, 4) is 0 Å². The molecule has 2 atom stereocenters. The lowest BCUT2D eigenvalue weighted by atomic mass is 9.95. The molecule has 142 valence electrons. The van der Waals surface area contributed by atoms with Crippen LogP contribution in [0.1, 0.15) is 29.6 Å². The number of carbonyl (C=O) groups excluding carboxylic acids is 1. The lowest BCUT2D eigenvalue weighted by Gasteiger charge is -2.35. The molecule has 1 amide bonds. The van der Waals surface area contributed by atoms with Crippen molar-refractivity contribution in [3.63, 3.8) is 0 Å². The third kappa shape index (κ3) is 5.66. The van der Waals surface area contributed by atoms with Crippen LogP contribution in [0.15, 0.2) is 42.5 Å². The summed E-state index contributed by atoms with van der Waals surface area (Å²) < 4.78 is 5.72. The van der Waals surface area contributed by atoms with Crippen LogP contribution < -0.4 is 0 Å². The smallest absolute Gasteiger partial charge is 0.253 e. The molecule has 1 heterocycles. The lowest BCUT2D eigenvalue weighted by molar-refractivity contribution is -0.00300. The Morgan fingerprint density at radius 3 is 2.62 bits per heavy atom. The van der Waals surface area contributed by atoms with Gasteiger partial charge in [-0.1, -0.05) is 30.4 Å². The Morgan fingerprint density at radius 1 is 1.15 bits per heavy atom. The average Bonchev–Trinajstić information content (AvgIpc) is 2.69. The molecule has 1 aliphatic carbocycles. The van der Waals surface area contributed by atoms with Gasteiger partial charge >= 0.3 is 0 Å². The number of carbonyl (C=O) groups is 1. The molecule has 1 fully saturated rings. The Kier molecular flexibility index (Phi) is 7.23. The summed E-state index contributed by atoms with van der Waals surface area (Å²) in [6.45, 7) is 4.74. The number of piperazine rings is 1. The van der Waals surface area contributed by atoms with E-state index >= 15 is 0 Å². The highest BCUT2D eigenvalue weighted by Gasteiger charge is 2.23. The van der Waals surface area contributed by atoms with E-state index in [0.717, 1.165) is 38.1 Å². The van der Waals surface area contributed by atoms with Crippen LogP contribution in [0, 0.1) is 5.92 Å². The number of amides is 1. The van der Waals surface area contributed by atoms with E-state index in [1.165, 1.54) is 6.42 Å². The van der Waals surface area contributed by atoms with Crippen molar-refractivity contribution in [2.75, 3.05) is 45.9 Å². The van der Waals surface area contributed by atoms with Crippen LogP contribution in [0.4, 0.5) is 0 Å². The molecular weight excluding hydrogens is 328 g/mol. The van der Waals surface area contributed by atoms with Crippen molar-refractivity contribution in [1.29, 1.82) is 0 Å². The number of nitrogens with zero attached hydrogens (tertiary/aromatic N) is 2. The first-order valence-electron chi connectivity index (χ1n) is 9.70. The molecule has 5 nitrogen and oxygen atoms in total. The van der Waals surface area contributed by atoms with E-state index in [1.54, 1.807) is 0 Å². The summed E-state index contributed by atoms with van der Waals surface area (Å²) in [7, 11) is 0. The van der Waals surface area contributed by atoms with Crippen molar-refractivity contribution < 1.29 is 14.6 Å². The summed E-state index contributed by atoms with van der Waals surface area (Å²) in [6, 6.07) is 9.42. The fourth-order valence-electron chi connectivity index (χ4n) is 3.63. The molecule has 0 unspecified atom stereocenters. The molecule has 0 radical (unpaired) electrons. The van der Waals surface area contributed by atoms with Gasteiger partial charge in [0, 0.05) is 44.9 Å². The van der Waals surface area contributed by atoms with Crippen molar-refractivity contribution in [3.05, 3.63) is 48.0 Å². The maximum atomic E-state index is 12.5. The van der Waals surface area contributed by atoms with Crippen LogP contribution in [0.3, 0.4) is 0 Å². The van der Waals surface area contributed by atoms with E-state index in [1.807, 2.05) is 35.2 Å². The van der Waals surface area contributed by atoms with Gasteiger partial charge < -0.3 is 14.7 Å². The van der Waals surface area contributed by atoms with Gasteiger partial charge in [-0.25, -0.2) is 0 Å². The van der Waals surface area contributed by atoms with Gasteiger partial charge in [0.2, 0.25) is 0 Å². The molecule has 0 bridgehead atoms. The molecule has 0 saturated carbocycles. The molecule has 5 heteroatoms. The highest BCUT2D eigenvalue weighted by Crippen LogP contribution is 2.18. The molecular formula is C21H30N2O3. The average molecular weight is 358 g/mol. The van der Waals surface area contributed by atoms with E-state index in [-0.39, 0.29) is 5.91 Å². The number of β-amino-alcohol motifs (C(OH)–C–C–N with tert-alkyl or cyclic N) is 1. The molecule has 0 aromatic heterocycles. The maximum Gasteiger partial charge on any atom is 0.253 e. The van der Waals surface area contributed by atoms with Crippen LogP contribution in [-0.2, 0) is 4.74 Å². The standard InChI is InChI=1S/C21H30N2O3/c24-20(17-26-16-18-7-3-1-4-8-18)15-22-11-13-23(14-12-22)21(25)19-9-5-2-6-10-19/h1-3,5-6,9-10,18,20,24H,4,7-8,11-17H2/t18-,20-/m0/s1. The first-order valence-corrected chi connectivity index (χ1v) is 9.70. The predicted molar refractivity (Wildman–Crippen MR) is 102 cm³/mol. The van der Waals surface area contributed by atoms with Crippen molar-refractivity contribution in [2.24, 2.45) is 5.92 Å².